The Morgan fingerprint density at radius 1 is 1.07 bits per heavy atom. The Balaban J connectivity index is 1.55. The first-order valence-corrected chi connectivity index (χ1v) is 8.21. The third-order valence-electron chi connectivity index (χ3n) is 3.69. The predicted molar refractivity (Wildman–Crippen MR) is 101 cm³/mol. The number of carbonyl (C=O) groups excluding carboxylic acids is 1. The van der Waals surface area contributed by atoms with Crippen LogP contribution in [-0.2, 0) is 0 Å². The van der Waals surface area contributed by atoms with Crippen LogP contribution < -0.4 is 20.2 Å². The van der Waals surface area contributed by atoms with Gasteiger partial charge in [-0.25, -0.2) is 0 Å². The van der Waals surface area contributed by atoms with Crippen molar-refractivity contribution < 1.29 is 18.7 Å². The van der Waals surface area contributed by atoms with Crippen molar-refractivity contribution in [2.75, 3.05) is 20.3 Å². The average molecular weight is 363 g/mol. The Morgan fingerprint density at radius 2 is 1.81 bits per heavy atom. The van der Waals surface area contributed by atoms with Gasteiger partial charge in [0.2, 0.25) is 0 Å². The van der Waals surface area contributed by atoms with E-state index < -0.39 is 5.91 Å². The van der Waals surface area contributed by atoms with Crippen LogP contribution >= 0.6 is 0 Å². The Kier molecular flexibility index (Phi) is 5.75. The van der Waals surface area contributed by atoms with Crippen LogP contribution in [0.5, 0.6) is 11.5 Å². The lowest BCUT2D eigenvalue weighted by atomic mass is 10.2. The third-order valence-corrected chi connectivity index (χ3v) is 3.69. The van der Waals surface area contributed by atoms with Gasteiger partial charge in [0.15, 0.2) is 22.7 Å². The summed E-state index contributed by atoms with van der Waals surface area (Å²) in [5.41, 5.74) is 0.102. The molecule has 1 amide bonds. The quantitative estimate of drug-likeness (QED) is 0.705. The van der Waals surface area contributed by atoms with Crippen molar-refractivity contribution in [1.29, 1.82) is 0 Å². The van der Waals surface area contributed by atoms with Gasteiger partial charge in [0.25, 0.3) is 5.91 Å². The van der Waals surface area contributed by atoms with Crippen LogP contribution in [-0.4, -0.2) is 26.2 Å². The molecule has 0 spiro atoms. The fourth-order valence-corrected chi connectivity index (χ4v) is 2.39. The third kappa shape index (κ3) is 4.47. The molecule has 2 aromatic carbocycles. The molecule has 0 aliphatic rings. The summed E-state index contributed by atoms with van der Waals surface area (Å²) in [6.45, 7) is 0.256. The molecule has 6 heteroatoms. The molecule has 0 aliphatic carbocycles. The first-order chi connectivity index (χ1) is 13.2. The van der Waals surface area contributed by atoms with Crippen molar-refractivity contribution in [2.45, 2.75) is 0 Å². The van der Waals surface area contributed by atoms with Crippen LogP contribution in [0.2, 0.25) is 0 Å². The van der Waals surface area contributed by atoms with Crippen molar-refractivity contribution in [3.63, 3.8) is 0 Å². The van der Waals surface area contributed by atoms with Gasteiger partial charge < -0.3 is 19.2 Å². The van der Waals surface area contributed by atoms with E-state index in [4.69, 9.17) is 13.9 Å². The van der Waals surface area contributed by atoms with Gasteiger partial charge in [0.05, 0.1) is 19.0 Å². The molecule has 0 fully saturated rings. The second kappa shape index (κ2) is 8.59. The molecule has 3 aromatic rings. The summed E-state index contributed by atoms with van der Waals surface area (Å²) in [7, 11) is 1.56. The van der Waals surface area contributed by atoms with Crippen molar-refractivity contribution in [1.82, 2.24) is 5.32 Å². The number of hydrogen-bond donors (Lipinski definition) is 1. The first kappa shape index (κ1) is 18.1. The number of nitrogens with one attached hydrogen (secondary N) is 1. The average Bonchev–Trinajstić information content (AvgIpc) is 2.70. The highest BCUT2D eigenvalue weighted by Crippen LogP contribution is 2.25. The smallest absolute Gasteiger partial charge is 0.287 e. The molecular weight excluding hydrogens is 346 g/mol. The number of hydrogen-bond acceptors (Lipinski definition) is 5. The molecular formula is C21H17NO5. The molecule has 1 N–H and O–H groups in total. The highest BCUT2D eigenvalue weighted by molar-refractivity contribution is 5.93. The summed E-state index contributed by atoms with van der Waals surface area (Å²) in [5, 5.41) is 3.02. The van der Waals surface area contributed by atoms with Crippen LogP contribution in [0.15, 0.2) is 63.8 Å². The fraction of sp³-hybridized carbons (Fsp3) is 0.143. The van der Waals surface area contributed by atoms with E-state index in [9.17, 15) is 9.59 Å². The minimum absolute atomic E-state index is 0.0502. The maximum Gasteiger partial charge on any atom is 0.287 e. The molecule has 0 saturated carbocycles. The summed E-state index contributed by atoms with van der Waals surface area (Å²) < 4.78 is 16.2. The van der Waals surface area contributed by atoms with Gasteiger partial charge in [-0.2, -0.15) is 0 Å². The number of para-hydroxylation sites is 3. The van der Waals surface area contributed by atoms with E-state index in [2.05, 4.69) is 17.2 Å². The first-order valence-electron chi connectivity index (χ1n) is 8.21. The molecule has 0 saturated heterocycles. The van der Waals surface area contributed by atoms with Gasteiger partial charge in [-0.1, -0.05) is 36.1 Å². The van der Waals surface area contributed by atoms with Crippen molar-refractivity contribution in [2.24, 2.45) is 0 Å². The lowest BCUT2D eigenvalue weighted by molar-refractivity contribution is 0.0931. The van der Waals surface area contributed by atoms with Crippen molar-refractivity contribution in [3.05, 3.63) is 70.6 Å². The zero-order valence-electron chi connectivity index (χ0n) is 14.7. The Morgan fingerprint density at radius 3 is 2.63 bits per heavy atom. The topological polar surface area (TPSA) is 77.8 Å². The molecule has 1 aromatic heterocycles. The minimum Gasteiger partial charge on any atom is -0.493 e. The van der Waals surface area contributed by atoms with Crippen LogP contribution in [0.4, 0.5) is 0 Å². The number of rotatable bonds is 5. The summed E-state index contributed by atoms with van der Waals surface area (Å²) in [6, 6.07) is 15.2. The molecule has 27 heavy (non-hydrogen) atoms. The molecule has 0 atom stereocenters. The number of amides is 1. The summed E-state index contributed by atoms with van der Waals surface area (Å²) in [6.07, 6.45) is 0. The zero-order chi connectivity index (χ0) is 19.1. The minimum atomic E-state index is -0.502. The number of fused-ring (bicyclic) bond motifs is 1. The van der Waals surface area contributed by atoms with Crippen LogP contribution in [0.25, 0.3) is 11.0 Å². The molecule has 0 unspecified atom stereocenters. The number of carbonyl (C=O) groups is 1. The van der Waals surface area contributed by atoms with Gasteiger partial charge in [0, 0.05) is 6.07 Å². The summed E-state index contributed by atoms with van der Waals surface area (Å²) >= 11 is 0. The Bertz CT molecular complexity index is 1070. The maximum atomic E-state index is 12.1. The highest BCUT2D eigenvalue weighted by atomic mass is 16.5. The maximum absolute atomic E-state index is 12.1. The van der Waals surface area contributed by atoms with Gasteiger partial charge >= 0.3 is 0 Å². The summed E-state index contributed by atoms with van der Waals surface area (Å²) in [4.78, 5) is 24.1. The van der Waals surface area contributed by atoms with Crippen LogP contribution in [0.1, 0.15) is 10.6 Å². The molecule has 6 nitrogen and oxygen atoms in total. The van der Waals surface area contributed by atoms with E-state index in [0.29, 0.717) is 22.5 Å². The molecule has 0 radical (unpaired) electrons. The molecule has 3 rings (SSSR count). The van der Waals surface area contributed by atoms with Gasteiger partial charge in [-0.15, -0.1) is 0 Å². The van der Waals surface area contributed by atoms with Crippen LogP contribution in [0.3, 0.4) is 0 Å². The van der Waals surface area contributed by atoms with E-state index >= 15 is 0 Å². The lowest BCUT2D eigenvalue weighted by Crippen LogP contribution is -2.24. The molecule has 0 aliphatic heterocycles. The molecule has 0 bridgehead atoms. The number of benzene rings is 2. The number of methoxy groups -OCH3 is 1. The second-order valence-corrected chi connectivity index (χ2v) is 5.45. The Labute approximate surface area is 155 Å². The molecule has 1 heterocycles. The van der Waals surface area contributed by atoms with E-state index in [0.717, 1.165) is 0 Å². The second-order valence-electron chi connectivity index (χ2n) is 5.45. The standard InChI is InChI=1S/C21H17NO5/c1-25-18-10-4-5-11-19(18)26-13-7-6-12-22-21(24)20-14-16(23)15-8-2-3-9-17(15)27-20/h2-5,8-11,14H,12-13H2,1H3,(H,22,24). The van der Waals surface area contributed by atoms with E-state index in [1.165, 1.54) is 6.07 Å². The lowest BCUT2D eigenvalue weighted by Gasteiger charge is -2.07. The van der Waals surface area contributed by atoms with Gasteiger partial charge in [-0.05, 0) is 24.3 Å². The van der Waals surface area contributed by atoms with E-state index in [-0.39, 0.29) is 24.3 Å². The van der Waals surface area contributed by atoms with E-state index in [1.807, 2.05) is 12.1 Å². The van der Waals surface area contributed by atoms with E-state index in [1.54, 1.807) is 43.5 Å². The predicted octanol–water partition coefficient (Wildman–Crippen LogP) is 2.61. The van der Waals surface area contributed by atoms with Crippen molar-refractivity contribution >= 4 is 16.9 Å². The fourth-order valence-electron chi connectivity index (χ4n) is 2.39. The number of ether oxygens (including phenoxy) is 2. The van der Waals surface area contributed by atoms with Gasteiger partial charge in [-0.3, -0.25) is 9.59 Å². The Hall–Kier alpha value is -3.72. The largest absolute Gasteiger partial charge is 0.493 e. The highest BCUT2D eigenvalue weighted by Gasteiger charge is 2.11. The molecule has 136 valence electrons. The van der Waals surface area contributed by atoms with Gasteiger partial charge in [0.1, 0.15) is 12.2 Å². The van der Waals surface area contributed by atoms with Crippen LogP contribution in [0, 0.1) is 11.8 Å². The summed E-state index contributed by atoms with van der Waals surface area (Å²) in [5.74, 6) is 6.24. The zero-order valence-corrected chi connectivity index (χ0v) is 14.7. The monoisotopic (exact) mass is 363 g/mol. The van der Waals surface area contributed by atoms with Crippen molar-refractivity contribution in [3.8, 4) is 23.3 Å². The normalized spacial score (nSPS) is 9.96. The SMILES string of the molecule is COc1ccccc1OCC#CCNC(=O)c1cc(=O)c2ccccc2o1.